The van der Waals surface area contributed by atoms with Crippen molar-refractivity contribution in [3.05, 3.63) is 120 Å². The Labute approximate surface area is 191 Å². The van der Waals surface area contributed by atoms with Crippen LogP contribution in [0.4, 0.5) is 4.39 Å². The summed E-state index contributed by atoms with van der Waals surface area (Å²) in [4.78, 5) is 0. The molecule has 0 amide bonds. The zero-order valence-corrected chi connectivity index (χ0v) is 18.9. The highest BCUT2D eigenvalue weighted by molar-refractivity contribution is 5.79. The molecule has 0 spiro atoms. The summed E-state index contributed by atoms with van der Waals surface area (Å²) in [6, 6.07) is 24.4. The lowest BCUT2D eigenvalue weighted by molar-refractivity contribution is 0.622. The summed E-state index contributed by atoms with van der Waals surface area (Å²) in [5, 5.41) is 1.31. The van der Waals surface area contributed by atoms with Crippen LogP contribution < -0.4 is 0 Å². The summed E-state index contributed by atoms with van der Waals surface area (Å²) in [5.74, 6) is -0.117. The summed E-state index contributed by atoms with van der Waals surface area (Å²) in [6.07, 6.45) is 9.80. The van der Waals surface area contributed by atoms with Crippen LogP contribution in [0.5, 0.6) is 0 Å². The number of hydrogen-bond donors (Lipinski definition) is 0. The highest BCUT2D eigenvalue weighted by Crippen LogP contribution is 2.29. The molecule has 1 nitrogen and oxygen atoms in total. The van der Waals surface area contributed by atoms with Gasteiger partial charge in [-0.3, -0.25) is 0 Å². The molecule has 0 radical (unpaired) electrons. The van der Waals surface area contributed by atoms with Crippen molar-refractivity contribution in [1.29, 1.82) is 0 Å². The van der Waals surface area contributed by atoms with Crippen LogP contribution >= 0.6 is 0 Å². The van der Waals surface area contributed by atoms with Crippen LogP contribution in [0.2, 0.25) is 0 Å². The molecule has 3 aromatic carbocycles. The summed E-state index contributed by atoms with van der Waals surface area (Å²) in [7, 11) is 0. The average Bonchev–Trinajstić information content (AvgIpc) is 3.23. The van der Waals surface area contributed by atoms with E-state index in [-0.39, 0.29) is 11.7 Å². The first-order chi connectivity index (χ1) is 15.7. The van der Waals surface area contributed by atoms with E-state index in [0.29, 0.717) is 0 Å². The molecule has 0 aliphatic rings. The molecule has 1 atom stereocenters. The van der Waals surface area contributed by atoms with E-state index in [1.807, 2.05) is 18.2 Å². The Morgan fingerprint density at radius 2 is 1.66 bits per heavy atom. The van der Waals surface area contributed by atoms with E-state index < -0.39 is 0 Å². The van der Waals surface area contributed by atoms with Gasteiger partial charge in [0.2, 0.25) is 0 Å². The molecular formula is C30H32FN. The number of para-hydroxylation sites is 1. The number of hydrogen-bond acceptors (Lipinski definition) is 0. The topological polar surface area (TPSA) is 4.93 Å². The predicted octanol–water partition coefficient (Wildman–Crippen LogP) is 8.07. The van der Waals surface area contributed by atoms with Crippen LogP contribution in [0, 0.1) is 5.82 Å². The number of halogens is 1. The minimum Gasteiger partial charge on any atom is -0.347 e. The van der Waals surface area contributed by atoms with Crippen LogP contribution in [-0.2, 0) is 19.4 Å². The van der Waals surface area contributed by atoms with Crippen molar-refractivity contribution in [3.8, 4) is 0 Å². The van der Waals surface area contributed by atoms with Gasteiger partial charge in [0.1, 0.15) is 5.82 Å². The van der Waals surface area contributed by atoms with Crippen LogP contribution in [0.25, 0.3) is 10.9 Å². The molecule has 1 aromatic heterocycles. The molecule has 32 heavy (non-hydrogen) atoms. The number of allylic oxidation sites excluding steroid dienone is 1. The lowest BCUT2D eigenvalue weighted by Gasteiger charge is -2.17. The maximum Gasteiger partial charge on any atom is 0.123 e. The molecule has 4 aromatic rings. The normalized spacial score (nSPS) is 12.2. The third-order valence-electron chi connectivity index (χ3n) is 6.35. The second-order valence-corrected chi connectivity index (χ2v) is 8.57. The van der Waals surface area contributed by atoms with Gasteiger partial charge >= 0.3 is 0 Å². The van der Waals surface area contributed by atoms with Gasteiger partial charge in [-0.2, -0.15) is 0 Å². The van der Waals surface area contributed by atoms with Crippen molar-refractivity contribution >= 4 is 10.9 Å². The number of aryl methyl sites for hydroxylation is 3. The largest absolute Gasteiger partial charge is 0.347 e. The molecular weight excluding hydrogens is 393 g/mol. The van der Waals surface area contributed by atoms with Crippen molar-refractivity contribution in [1.82, 2.24) is 4.57 Å². The fourth-order valence-corrected chi connectivity index (χ4v) is 4.65. The van der Waals surface area contributed by atoms with Gasteiger partial charge in [0.05, 0.1) is 0 Å². The minimum atomic E-state index is -0.202. The van der Waals surface area contributed by atoms with E-state index in [1.165, 1.54) is 46.1 Å². The maximum absolute atomic E-state index is 13.4. The predicted molar refractivity (Wildman–Crippen MR) is 134 cm³/mol. The number of unbranched alkanes of at least 4 members (excludes halogenated alkanes) is 1. The molecule has 164 valence electrons. The Kier molecular flexibility index (Phi) is 7.21. The highest BCUT2D eigenvalue weighted by atomic mass is 19.1. The van der Waals surface area contributed by atoms with E-state index in [9.17, 15) is 4.39 Å². The molecule has 0 bridgehead atoms. The van der Waals surface area contributed by atoms with Crippen LogP contribution in [-0.4, -0.2) is 4.57 Å². The summed E-state index contributed by atoms with van der Waals surface area (Å²) in [6.45, 7) is 7.33. The summed E-state index contributed by atoms with van der Waals surface area (Å²) in [5.41, 5.74) is 6.52. The monoisotopic (exact) mass is 425 g/mol. The highest BCUT2D eigenvalue weighted by Gasteiger charge is 2.13. The second kappa shape index (κ2) is 10.5. The van der Waals surface area contributed by atoms with E-state index >= 15 is 0 Å². The lowest BCUT2D eigenvalue weighted by atomic mass is 9.87. The van der Waals surface area contributed by atoms with Gasteiger partial charge in [-0.25, -0.2) is 4.39 Å². The molecule has 4 rings (SSSR count). The van der Waals surface area contributed by atoms with Crippen molar-refractivity contribution in [2.24, 2.45) is 0 Å². The van der Waals surface area contributed by atoms with Gasteiger partial charge in [0, 0.05) is 24.2 Å². The van der Waals surface area contributed by atoms with Crippen molar-refractivity contribution in [2.45, 2.75) is 51.5 Å². The number of benzene rings is 3. The Bertz CT molecular complexity index is 1170. The molecule has 2 heteroatoms. The average molecular weight is 426 g/mol. The standard InChI is InChI=1S/C30H32FN/c1-3-9-26-22-27(29(4-2)24-15-17-28(31)18-16-24)14-13-23(26)10-7-8-20-32-21-19-25-11-5-6-12-30(25)32/h4-6,11-19,21-22,29H,2-3,7-10,20H2,1H3. The molecule has 0 aliphatic carbocycles. The first-order valence-corrected chi connectivity index (χ1v) is 11.7. The number of fused-ring (bicyclic) bond motifs is 1. The van der Waals surface area contributed by atoms with E-state index in [1.54, 1.807) is 0 Å². The molecule has 0 aliphatic heterocycles. The molecule has 0 saturated carbocycles. The Balaban J connectivity index is 1.44. The first kappa shape index (κ1) is 22.1. The fraction of sp³-hybridized carbons (Fsp3) is 0.267. The van der Waals surface area contributed by atoms with Gasteiger partial charge < -0.3 is 4.57 Å². The third kappa shape index (κ3) is 5.02. The van der Waals surface area contributed by atoms with Gasteiger partial charge in [-0.05, 0) is 77.6 Å². The van der Waals surface area contributed by atoms with Crippen LogP contribution in [0.1, 0.15) is 54.4 Å². The van der Waals surface area contributed by atoms with E-state index in [4.69, 9.17) is 0 Å². The summed E-state index contributed by atoms with van der Waals surface area (Å²) < 4.78 is 15.7. The summed E-state index contributed by atoms with van der Waals surface area (Å²) >= 11 is 0. The molecule has 0 N–H and O–H groups in total. The van der Waals surface area contributed by atoms with Gasteiger partial charge in [0.15, 0.2) is 0 Å². The van der Waals surface area contributed by atoms with Gasteiger partial charge in [-0.15, -0.1) is 6.58 Å². The SMILES string of the molecule is C=CC(c1ccc(F)cc1)c1ccc(CCCCn2ccc3ccccc32)c(CCC)c1. The Hall–Kier alpha value is -3.13. The minimum absolute atomic E-state index is 0.0854. The molecule has 1 heterocycles. The molecule has 1 unspecified atom stereocenters. The number of aromatic nitrogens is 1. The Morgan fingerprint density at radius 1 is 0.875 bits per heavy atom. The van der Waals surface area contributed by atoms with Gasteiger partial charge in [-0.1, -0.05) is 68.0 Å². The maximum atomic E-state index is 13.4. The zero-order chi connectivity index (χ0) is 22.3. The third-order valence-corrected chi connectivity index (χ3v) is 6.35. The second-order valence-electron chi connectivity index (χ2n) is 8.57. The molecule has 0 fully saturated rings. The first-order valence-electron chi connectivity index (χ1n) is 11.7. The lowest BCUT2D eigenvalue weighted by Crippen LogP contribution is -2.03. The smallest absolute Gasteiger partial charge is 0.123 e. The van der Waals surface area contributed by atoms with Crippen LogP contribution in [0.3, 0.4) is 0 Å². The fourth-order valence-electron chi connectivity index (χ4n) is 4.65. The van der Waals surface area contributed by atoms with E-state index in [2.05, 4.69) is 72.8 Å². The number of nitrogens with zero attached hydrogens (tertiary/aromatic N) is 1. The van der Waals surface area contributed by atoms with Crippen molar-refractivity contribution in [2.75, 3.05) is 0 Å². The zero-order valence-electron chi connectivity index (χ0n) is 18.9. The van der Waals surface area contributed by atoms with Crippen LogP contribution in [0.15, 0.2) is 91.6 Å². The quantitative estimate of drug-likeness (QED) is 0.179. The Morgan fingerprint density at radius 3 is 2.44 bits per heavy atom. The van der Waals surface area contributed by atoms with Crippen molar-refractivity contribution in [3.63, 3.8) is 0 Å². The van der Waals surface area contributed by atoms with Crippen molar-refractivity contribution < 1.29 is 4.39 Å². The van der Waals surface area contributed by atoms with E-state index in [0.717, 1.165) is 37.8 Å². The number of rotatable bonds is 10. The molecule has 0 saturated heterocycles. The van der Waals surface area contributed by atoms with Gasteiger partial charge in [0.25, 0.3) is 0 Å².